The summed E-state index contributed by atoms with van der Waals surface area (Å²) in [5.41, 5.74) is 0.450. The average molecular weight is 251 g/mol. The maximum Gasteiger partial charge on any atom is 0.240 e. The van der Waals surface area contributed by atoms with Crippen molar-refractivity contribution in [1.29, 1.82) is 5.26 Å². The molecular formula is C11H13N3O2S. The average Bonchev–Trinajstić information content (AvgIpc) is 2.81. The van der Waals surface area contributed by atoms with Crippen LogP contribution in [-0.4, -0.2) is 27.5 Å². The van der Waals surface area contributed by atoms with Crippen LogP contribution in [0.1, 0.15) is 12.0 Å². The van der Waals surface area contributed by atoms with Crippen molar-refractivity contribution in [2.45, 2.75) is 17.4 Å². The van der Waals surface area contributed by atoms with E-state index in [2.05, 4.69) is 10.0 Å². The first-order valence-electron chi connectivity index (χ1n) is 5.35. The van der Waals surface area contributed by atoms with E-state index in [0.717, 1.165) is 13.0 Å². The van der Waals surface area contributed by atoms with Crippen LogP contribution >= 0.6 is 0 Å². The fourth-order valence-electron chi connectivity index (χ4n) is 1.75. The van der Waals surface area contributed by atoms with Crippen molar-refractivity contribution in [3.8, 4) is 6.07 Å². The van der Waals surface area contributed by atoms with Gasteiger partial charge in [0.2, 0.25) is 10.0 Å². The maximum absolute atomic E-state index is 12.0. The number of benzene rings is 1. The molecule has 17 heavy (non-hydrogen) atoms. The van der Waals surface area contributed by atoms with Gasteiger partial charge in [-0.25, -0.2) is 13.1 Å². The number of nitriles is 1. The van der Waals surface area contributed by atoms with Gasteiger partial charge in [-0.2, -0.15) is 5.26 Å². The van der Waals surface area contributed by atoms with Crippen LogP contribution in [0.25, 0.3) is 0 Å². The van der Waals surface area contributed by atoms with E-state index in [0.29, 0.717) is 12.1 Å². The number of nitrogens with zero attached hydrogens (tertiary/aromatic N) is 1. The fraction of sp³-hybridized carbons (Fsp3) is 0.364. The third-order valence-electron chi connectivity index (χ3n) is 2.68. The van der Waals surface area contributed by atoms with Gasteiger partial charge in [0.15, 0.2) is 0 Å². The van der Waals surface area contributed by atoms with E-state index in [9.17, 15) is 8.42 Å². The van der Waals surface area contributed by atoms with Gasteiger partial charge in [0.25, 0.3) is 0 Å². The highest BCUT2D eigenvalue weighted by Crippen LogP contribution is 2.11. The predicted octanol–water partition coefficient (Wildman–Crippen LogP) is 0.198. The second kappa shape index (κ2) is 4.84. The molecule has 1 heterocycles. The summed E-state index contributed by atoms with van der Waals surface area (Å²) in [7, 11) is -3.47. The molecule has 0 unspecified atom stereocenters. The summed E-state index contributed by atoms with van der Waals surface area (Å²) < 4.78 is 26.6. The Morgan fingerprint density at radius 1 is 1.35 bits per heavy atom. The van der Waals surface area contributed by atoms with Gasteiger partial charge in [-0.1, -0.05) is 0 Å². The van der Waals surface area contributed by atoms with Crippen molar-refractivity contribution in [2.24, 2.45) is 0 Å². The molecule has 1 saturated heterocycles. The van der Waals surface area contributed by atoms with Crippen molar-refractivity contribution in [3.63, 3.8) is 0 Å². The van der Waals surface area contributed by atoms with Crippen molar-refractivity contribution < 1.29 is 8.42 Å². The normalized spacial score (nSPS) is 20.1. The number of rotatable bonds is 3. The van der Waals surface area contributed by atoms with Crippen molar-refractivity contribution >= 4 is 10.0 Å². The van der Waals surface area contributed by atoms with Crippen LogP contribution in [0.4, 0.5) is 0 Å². The molecule has 90 valence electrons. The molecule has 1 aromatic rings. The molecule has 1 aliphatic heterocycles. The topological polar surface area (TPSA) is 82.0 Å². The molecule has 1 atom stereocenters. The summed E-state index contributed by atoms with van der Waals surface area (Å²) >= 11 is 0. The lowest BCUT2D eigenvalue weighted by Gasteiger charge is -2.11. The molecule has 6 heteroatoms. The Bertz CT molecular complexity index is 525. The van der Waals surface area contributed by atoms with E-state index < -0.39 is 10.0 Å². The zero-order valence-electron chi connectivity index (χ0n) is 9.18. The van der Waals surface area contributed by atoms with Crippen LogP contribution in [0.15, 0.2) is 29.2 Å². The Balaban J connectivity index is 2.16. The Morgan fingerprint density at radius 2 is 2.06 bits per heavy atom. The minimum absolute atomic E-state index is 0.0457. The van der Waals surface area contributed by atoms with Gasteiger partial charge < -0.3 is 5.32 Å². The highest BCUT2D eigenvalue weighted by Gasteiger charge is 2.22. The lowest BCUT2D eigenvalue weighted by Crippen LogP contribution is -2.36. The van der Waals surface area contributed by atoms with E-state index >= 15 is 0 Å². The number of hydrogen-bond acceptors (Lipinski definition) is 4. The van der Waals surface area contributed by atoms with Crippen LogP contribution in [0.2, 0.25) is 0 Å². The monoisotopic (exact) mass is 251 g/mol. The second-order valence-corrected chi connectivity index (χ2v) is 5.66. The van der Waals surface area contributed by atoms with Crippen LogP contribution in [-0.2, 0) is 10.0 Å². The summed E-state index contributed by atoms with van der Waals surface area (Å²) in [5, 5.41) is 11.7. The molecule has 1 aromatic carbocycles. The van der Waals surface area contributed by atoms with Gasteiger partial charge in [-0.3, -0.25) is 0 Å². The predicted molar refractivity (Wildman–Crippen MR) is 62.8 cm³/mol. The largest absolute Gasteiger partial charge is 0.315 e. The molecule has 0 aromatic heterocycles. The van der Waals surface area contributed by atoms with Gasteiger partial charge in [-0.05, 0) is 37.2 Å². The molecular weight excluding hydrogens is 238 g/mol. The Hall–Kier alpha value is -1.42. The summed E-state index contributed by atoms with van der Waals surface area (Å²) in [6, 6.07) is 7.81. The smallest absolute Gasteiger partial charge is 0.240 e. The molecule has 0 amide bonds. The number of hydrogen-bond donors (Lipinski definition) is 2. The third kappa shape index (κ3) is 2.82. The standard InChI is InChI=1S/C11H13N3O2S/c12-7-9-1-3-11(4-2-9)17(15,16)14-10-5-6-13-8-10/h1-4,10,13-14H,5-6,8H2/t10-/m0/s1. The Morgan fingerprint density at radius 3 is 2.59 bits per heavy atom. The Kier molecular flexibility index (Phi) is 3.43. The van der Waals surface area contributed by atoms with E-state index in [-0.39, 0.29) is 10.9 Å². The summed E-state index contributed by atoms with van der Waals surface area (Å²) in [6.45, 7) is 1.50. The maximum atomic E-state index is 12.0. The summed E-state index contributed by atoms with van der Waals surface area (Å²) in [4.78, 5) is 0.198. The minimum atomic E-state index is -3.47. The lowest BCUT2D eigenvalue weighted by molar-refractivity contribution is 0.560. The second-order valence-electron chi connectivity index (χ2n) is 3.95. The van der Waals surface area contributed by atoms with Gasteiger partial charge in [0.1, 0.15) is 0 Å². The molecule has 2 N–H and O–H groups in total. The molecule has 2 rings (SSSR count). The zero-order valence-corrected chi connectivity index (χ0v) is 10.00. The quantitative estimate of drug-likeness (QED) is 0.804. The van der Waals surface area contributed by atoms with E-state index in [1.807, 2.05) is 6.07 Å². The van der Waals surface area contributed by atoms with E-state index in [1.165, 1.54) is 24.3 Å². The van der Waals surface area contributed by atoms with Crippen molar-refractivity contribution in [3.05, 3.63) is 29.8 Å². The van der Waals surface area contributed by atoms with Gasteiger partial charge >= 0.3 is 0 Å². The van der Waals surface area contributed by atoms with Crippen LogP contribution < -0.4 is 10.0 Å². The van der Waals surface area contributed by atoms with Crippen LogP contribution in [0.3, 0.4) is 0 Å². The summed E-state index contributed by atoms with van der Waals surface area (Å²) in [6.07, 6.45) is 0.801. The highest BCUT2D eigenvalue weighted by molar-refractivity contribution is 7.89. The van der Waals surface area contributed by atoms with Crippen LogP contribution in [0.5, 0.6) is 0 Å². The third-order valence-corrected chi connectivity index (χ3v) is 4.21. The van der Waals surface area contributed by atoms with Gasteiger partial charge in [0.05, 0.1) is 16.5 Å². The molecule has 0 spiro atoms. The van der Waals surface area contributed by atoms with E-state index in [4.69, 9.17) is 5.26 Å². The Labute approximate surface area is 101 Å². The molecule has 1 fully saturated rings. The van der Waals surface area contributed by atoms with Crippen molar-refractivity contribution in [2.75, 3.05) is 13.1 Å². The summed E-state index contributed by atoms with van der Waals surface area (Å²) in [5.74, 6) is 0. The first-order chi connectivity index (χ1) is 8.12. The fourth-order valence-corrected chi connectivity index (χ4v) is 3.02. The van der Waals surface area contributed by atoms with Gasteiger partial charge in [-0.15, -0.1) is 0 Å². The molecule has 0 saturated carbocycles. The SMILES string of the molecule is N#Cc1ccc(S(=O)(=O)N[C@H]2CCNC2)cc1. The number of nitrogens with one attached hydrogen (secondary N) is 2. The molecule has 0 aliphatic carbocycles. The first-order valence-corrected chi connectivity index (χ1v) is 6.83. The molecule has 1 aliphatic rings. The minimum Gasteiger partial charge on any atom is -0.315 e. The van der Waals surface area contributed by atoms with Gasteiger partial charge in [0, 0.05) is 12.6 Å². The van der Waals surface area contributed by atoms with Crippen LogP contribution in [0, 0.1) is 11.3 Å². The van der Waals surface area contributed by atoms with E-state index in [1.54, 1.807) is 0 Å². The first kappa shape index (κ1) is 12.0. The highest BCUT2D eigenvalue weighted by atomic mass is 32.2. The lowest BCUT2D eigenvalue weighted by atomic mass is 10.2. The zero-order chi connectivity index (χ0) is 12.3. The molecule has 5 nitrogen and oxygen atoms in total. The van der Waals surface area contributed by atoms with Crippen molar-refractivity contribution in [1.82, 2.24) is 10.0 Å². The molecule has 0 bridgehead atoms. The number of sulfonamides is 1. The molecule has 0 radical (unpaired) electrons.